The predicted octanol–water partition coefficient (Wildman–Crippen LogP) is 2.22. The van der Waals surface area contributed by atoms with E-state index in [1.165, 1.54) is 7.11 Å². The summed E-state index contributed by atoms with van der Waals surface area (Å²) in [5.41, 5.74) is -0.200. The average molecular weight is 257 g/mol. The minimum Gasteiger partial charge on any atom is -0.469 e. The fourth-order valence-electron chi connectivity index (χ4n) is 2.95. The van der Waals surface area contributed by atoms with Gasteiger partial charge in [-0.15, -0.1) is 0 Å². The minimum absolute atomic E-state index is 0.0647. The van der Waals surface area contributed by atoms with Crippen LogP contribution in [0.5, 0.6) is 0 Å². The summed E-state index contributed by atoms with van der Waals surface area (Å²) in [6, 6.07) is 0.394. The molecular formula is C14H27NO3. The summed E-state index contributed by atoms with van der Waals surface area (Å²) in [7, 11) is 3.54. The standard InChI is InChI=1S/C14H27NO3/c1-13(2)10-11(14(3,4)18-13)15(5)9-7-8-12(16)17-6/h11H,7-10H2,1-6H3. The summed E-state index contributed by atoms with van der Waals surface area (Å²) < 4.78 is 10.7. The normalized spacial score (nSPS) is 25.4. The van der Waals surface area contributed by atoms with E-state index in [1.807, 2.05) is 0 Å². The fourth-order valence-corrected chi connectivity index (χ4v) is 2.95. The van der Waals surface area contributed by atoms with Crippen LogP contribution >= 0.6 is 0 Å². The van der Waals surface area contributed by atoms with E-state index in [2.05, 4.69) is 44.4 Å². The number of methoxy groups -OCH3 is 1. The van der Waals surface area contributed by atoms with Crippen molar-refractivity contribution < 1.29 is 14.3 Å². The number of esters is 1. The van der Waals surface area contributed by atoms with Crippen molar-refractivity contribution in [2.24, 2.45) is 0 Å². The van der Waals surface area contributed by atoms with Gasteiger partial charge in [0.05, 0.1) is 18.3 Å². The summed E-state index contributed by atoms with van der Waals surface area (Å²) in [5.74, 6) is -0.134. The first kappa shape index (κ1) is 15.4. The van der Waals surface area contributed by atoms with Crippen LogP contribution in [0.15, 0.2) is 0 Å². The van der Waals surface area contributed by atoms with Crippen molar-refractivity contribution in [3.8, 4) is 0 Å². The van der Waals surface area contributed by atoms with Crippen LogP contribution in [-0.2, 0) is 14.3 Å². The summed E-state index contributed by atoms with van der Waals surface area (Å²) in [4.78, 5) is 13.4. The molecule has 1 saturated heterocycles. The third kappa shape index (κ3) is 3.95. The Morgan fingerprint density at radius 2 is 2.00 bits per heavy atom. The third-order valence-corrected chi connectivity index (χ3v) is 3.68. The fraction of sp³-hybridized carbons (Fsp3) is 0.929. The smallest absolute Gasteiger partial charge is 0.305 e. The Bertz CT molecular complexity index is 299. The van der Waals surface area contributed by atoms with E-state index >= 15 is 0 Å². The molecule has 4 nitrogen and oxygen atoms in total. The van der Waals surface area contributed by atoms with Crippen LogP contribution in [0.25, 0.3) is 0 Å². The summed E-state index contributed by atoms with van der Waals surface area (Å²) in [6.45, 7) is 9.45. The van der Waals surface area contributed by atoms with E-state index in [4.69, 9.17) is 4.74 Å². The number of hydrogen-bond acceptors (Lipinski definition) is 4. The zero-order valence-corrected chi connectivity index (χ0v) is 12.6. The molecule has 1 rings (SSSR count). The molecule has 1 aliphatic heterocycles. The lowest BCUT2D eigenvalue weighted by Gasteiger charge is -2.33. The molecule has 1 unspecified atom stereocenters. The summed E-state index contributed by atoms with van der Waals surface area (Å²) in [6.07, 6.45) is 2.34. The molecule has 0 saturated carbocycles. The quantitative estimate of drug-likeness (QED) is 0.708. The Kier molecular flexibility index (Phi) is 4.78. The van der Waals surface area contributed by atoms with Crippen LogP contribution < -0.4 is 0 Å². The maximum Gasteiger partial charge on any atom is 0.305 e. The van der Waals surface area contributed by atoms with Gasteiger partial charge in [0, 0.05) is 12.5 Å². The average Bonchev–Trinajstić information content (AvgIpc) is 2.46. The van der Waals surface area contributed by atoms with Crippen molar-refractivity contribution in [3.05, 3.63) is 0 Å². The second-order valence-electron chi connectivity index (χ2n) is 6.35. The van der Waals surface area contributed by atoms with E-state index in [0.29, 0.717) is 12.5 Å². The molecule has 0 bridgehead atoms. The molecule has 4 heteroatoms. The molecule has 0 N–H and O–H groups in total. The molecule has 0 spiro atoms. The van der Waals surface area contributed by atoms with Gasteiger partial charge in [-0.05, 0) is 54.1 Å². The Labute approximate surface area is 111 Å². The molecule has 1 aliphatic rings. The lowest BCUT2D eigenvalue weighted by Crippen LogP contribution is -2.44. The second-order valence-corrected chi connectivity index (χ2v) is 6.35. The van der Waals surface area contributed by atoms with Gasteiger partial charge < -0.3 is 14.4 Å². The van der Waals surface area contributed by atoms with E-state index in [0.717, 1.165) is 19.4 Å². The van der Waals surface area contributed by atoms with Gasteiger partial charge in [-0.3, -0.25) is 4.79 Å². The van der Waals surface area contributed by atoms with Crippen LogP contribution in [0.3, 0.4) is 0 Å². The molecular weight excluding hydrogens is 230 g/mol. The molecule has 0 amide bonds. The van der Waals surface area contributed by atoms with E-state index in [-0.39, 0.29) is 17.2 Å². The van der Waals surface area contributed by atoms with Gasteiger partial charge in [-0.1, -0.05) is 0 Å². The molecule has 106 valence electrons. The maximum atomic E-state index is 11.1. The number of ether oxygens (including phenoxy) is 2. The van der Waals surface area contributed by atoms with Gasteiger partial charge in [0.25, 0.3) is 0 Å². The van der Waals surface area contributed by atoms with Crippen LogP contribution in [0.2, 0.25) is 0 Å². The lowest BCUT2D eigenvalue weighted by atomic mass is 9.93. The van der Waals surface area contributed by atoms with Crippen molar-refractivity contribution in [2.45, 2.75) is 64.2 Å². The van der Waals surface area contributed by atoms with E-state index in [1.54, 1.807) is 0 Å². The molecule has 0 aromatic carbocycles. The van der Waals surface area contributed by atoms with Gasteiger partial charge in [0.15, 0.2) is 0 Å². The number of likely N-dealkylation sites (N-methyl/N-ethyl adjacent to an activating group) is 1. The molecule has 0 radical (unpaired) electrons. The topological polar surface area (TPSA) is 38.8 Å². The van der Waals surface area contributed by atoms with Crippen LogP contribution in [-0.4, -0.2) is 48.8 Å². The third-order valence-electron chi connectivity index (χ3n) is 3.68. The van der Waals surface area contributed by atoms with Gasteiger partial charge >= 0.3 is 5.97 Å². The number of rotatable bonds is 5. The number of nitrogens with zero attached hydrogens (tertiary/aromatic N) is 1. The Hall–Kier alpha value is -0.610. The summed E-state index contributed by atoms with van der Waals surface area (Å²) >= 11 is 0. The van der Waals surface area contributed by atoms with Crippen molar-refractivity contribution in [2.75, 3.05) is 20.7 Å². The Balaban J connectivity index is 2.46. The van der Waals surface area contributed by atoms with E-state index < -0.39 is 0 Å². The first-order valence-corrected chi connectivity index (χ1v) is 6.65. The van der Waals surface area contributed by atoms with Crippen LogP contribution in [0.4, 0.5) is 0 Å². The highest BCUT2D eigenvalue weighted by Crippen LogP contribution is 2.39. The van der Waals surface area contributed by atoms with Crippen molar-refractivity contribution in [3.63, 3.8) is 0 Å². The van der Waals surface area contributed by atoms with Gasteiger partial charge in [-0.2, -0.15) is 0 Å². The minimum atomic E-state index is -0.135. The predicted molar refractivity (Wildman–Crippen MR) is 71.5 cm³/mol. The van der Waals surface area contributed by atoms with Crippen LogP contribution in [0, 0.1) is 0 Å². The first-order valence-electron chi connectivity index (χ1n) is 6.65. The zero-order valence-electron chi connectivity index (χ0n) is 12.6. The summed E-state index contributed by atoms with van der Waals surface area (Å²) in [5, 5.41) is 0. The highest BCUT2D eigenvalue weighted by molar-refractivity contribution is 5.69. The van der Waals surface area contributed by atoms with Crippen molar-refractivity contribution >= 4 is 5.97 Å². The first-order chi connectivity index (χ1) is 8.18. The molecule has 0 aromatic heterocycles. The molecule has 1 fully saturated rings. The highest BCUT2D eigenvalue weighted by Gasteiger charge is 2.47. The molecule has 1 atom stereocenters. The van der Waals surface area contributed by atoms with E-state index in [9.17, 15) is 4.79 Å². The van der Waals surface area contributed by atoms with Gasteiger partial charge in [0.2, 0.25) is 0 Å². The highest BCUT2D eigenvalue weighted by atomic mass is 16.5. The lowest BCUT2D eigenvalue weighted by molar-refractivity contribution is -0.140. The molecule has 0 aliphatic carbocycles. The molecule has 1 heterocycles. The monoisotopic (exact) mass is 257 g/mol. The number of carbonyl (C=O) groups is 1. The van der Waals surface area contributed by atoms with Gasteiger partial charge in [-0.25, -0.2) is 0 Å². The van der Waals surface area contributed by atoms with Crippen LogP contribution in [0.1, 0.15) is 47.0 Å². The number of carbonyl (C=O) groups excluding carboxylic acids is 1. The second kappa shape index (κ2) is 5.57. The SMILES string of the molecule is COC(=O)CCCN(C)C1CC(C)(C)OC1(C)C. The van der Waals surface area contributed by atoms with Crippen molar-refractivity contribution in [1.29, 1.82) is 0 Å². The molecule has 0 aromatic rings. The molecule has 18 heavy (non-hydrogen) atoms. The Morgan fingerprint density at radius 1 is 1.39 bits per heavy atom. The number of hydrogen-bond donors (Lipinski definition) is 0. The maximum absolute atomic E-state index is 11.1. The van der Waals surface area contributed by atoms with Crippen molar-refractivity contribution in [1.82, 2.24) is 4.90 Å². The Morgan fingerprint density at radius 3 is 2.44 bits per heavy atom. The van der Waals surface area contributed by atoms with Gasteiger partial charge in [0.1, 0.15) is 0 Å². The largest absolute Gasteiger partial charge is 0.469 e. The zero-order chi connectivity index (χ0) is 14.0.